The predicted molar refractivity (Wildman–Crippen MR) is 102 cm³/mol. The van der Waals surface area contributed by atoms with Crippen molar-refractivity contribution in [1.82, 2.24) is 20.4 Å². The molecule has 2 N–H and O–H groups in total. The molecule has 8 heteroatoms. The van der Waals surface area contributed by atoms with Crippen molar-refractivity contribution >= 4 is 17.8 Å². The van der Waals surface area contributed by atoms with Gasteiger partial charge in [0.05, 0.1) is 11.6 Å². The molecule has 0 spiro atoms. The van der Waals surface area contributed by atoms with E-state index in [1.165, 1.54) is 0 Å². The van der Waals surface area contributed by atoms with Crippen molar-refractivity contribution in [3.8, 4) is 0 Å². The summed E-state index contributed by atoms with van der Waals surface area (Å²) in [5.74, 6) is 0.939. The van der Waals surface area contributed by atoms with Gasteiger partial charge in [-0.25, -0.2) is 4.79 Å². The molecule has 0 saturated carbocycles. The molecule has 4 amide bonds. The normalized spacial score (nSPS) is 16.7. The fourth-order valence-corrected chi connectivity index (χ4v) is 3.08. The number of amides is 4. The number of imide groups is 1. The molecule has 2 rings (SSSR count). The van der Waals surface area contributed by atoms with Crippen molar-refractivity contribution < 1.29 is 18.8 Å². The Morgan fingerprint density at radius 3 is 2.19 bits per heavy atom. The highest BCUT2D eigenvalue weighted by Gasteiger charge is 2.30. The first-order chi connectivity index (χ1) is 12.5. The van der Waals surface area contributed by atoms with Gasteiger partial charge in [0.25, 0.3) is 5.91 Å². The minimum atomic E-state index is -0.501. The van der Waals surface area contributed by atoms with Crippen molar-refractivity contribution in [3.63, 3.8) is 0 Å². The van der Waals surface area contributed by atoms with Crippen molar-refractivity contribution in [3.05, 3.63) is 23.2 Å². The Morgan fingerprint density at radius 1 is 1.11 bits per heavy atom. The van der Waals surface area contributed by atoms with Crippen LogP contribution in [0.15, 0.2) is 10.5 Å². The molecule has 27 heavy (non-hydrogen) atoms. The second kappa shape index (κ2) is 8.12. The summed E-state index contributed by atoms with van der Waals surface area (Å²) in [6.07, 6.45) is 0. The van der Waals surface area contributed by atoms with E-state index in [9.17, 15) is 14.4 Å². The van der Waals surface area contributed by atoms with Gasteiger partial charge in [0.1, 0.15) is 11.5 Å². The maximum atomic E-state index is 12.6. The third-order valence-electron chi connectivity index (χ3n) is 4.53. The van der Waals surface area contributed by atoms with Gasteiger partial charge < -0.3 is 14.6 Å². The molecule has 0 aliphatic carbocycles. The van der Waals surface area contributed by atoms with Crippen molar-refractivity contribution in [2.75, 3.05) is 26.2 Å². The highest BCUT2D eigenvalue weighted by molar-refractivity contribution is 5.97. The monoisotopic (exact) mass is 378 g/mol. The van der Waals surface area contributed by atoms with Gasteiger partial charge in [-0.3, -0.25) is 19.8 Å². The number of carbonyl (C=O) groups is 3. The second-order valence-electron chi connectivity index (χ2n) is 8.02. The van der Waals surface area contributed by atoms with Crippen LogP contribution in [-0.2, 0) is 4.79 Å². The molecule has 0 aromatic carbocycles. The maximum Gasteiger partial charge on any atom is 0.321 e. The molecule has 0 radical (unpaired) electrons. The molecular weight excluding hydrogens is 348 g/mol. The lowest BCUT2D eigenvalue weighted by atomic mass is 10.1. The number of nitrogens with one attached hydrogen (secondary N) is 2. The average Bonchev–Trinajstić information content (AvgIpc) is 2.90. The molecule has 1 saturated heterocycles. The first-order valence-electron chi connectivity index (χ1n) is 9.21. The quantitative estimate of drug-likeness (QED) is 0.834. The first-order valence-corrected chi connectivity index (χ1v) is 9.21. The molecule has 150 valence electrons. The van der Waals surface area contributed by atoms with Gasteiger partial charge in [0, 0.05) is 31.7 Å². The van der Waals surface area contributed by atoms with Crippen LogP contribution in [0.4, 0.5) is 4.79 Å². The summed E-state index contributed by atoms with van der Waals surface area (Å²) < 4.78 is 5.44. The Morgan fingerprint density at radius 2 is 1.70 bits per heavy atom. The van der Waals surface area contributed by atoms with E-state index >= 15 is 0 Å². The zero-order valence-electron chi connectivity index (χ0n) is 17.0. The number of piperazine rings is 1. The van der Waals surface area contributed by atoms with E-state index in [1.54, 1.807) is 24.8 Å². The third kappa shape index (κ3) is 5.56. The Labute approximate surface area is 160 Å². The standard InChI is InChI=1S/C19H30N4O4/c1-12-11-15(14(3)27-12)17(25)23-9-7-22(8-10-23)13(2)16(24)20-18(26)21-19(4,5)6/h11,13H,7-10H2,1-6H3,(H2,20,21,24,26). The number of nitrogens with zero attached hydrogens (tertiary/aromatic N) is 2. The van der Waals surface area contributed by atoms with E-state index < -0.39 is 17.6 Å². The molecule has 1 atom stereocenters. The van der Waals surface area contributed by atoms with E-state index in [4.69, 9.17) is 4.42 Å². The van der Waals surface area contributed by atoms with Gasteiger partial charge in [-0.05, 0) is 47.6 Å². The van der Waals surface area contributed by atoms with Crippen LogP contribution in [0.3, 0.4) is 0 Å². The highest BCUT2D eigenvalue weighted by Crippen LogP contribution is 2.17. The molecule has 8 nitrogen and oxygen atoms in total. The van der Waals surface area contributed by atoms with Crippen molar-refractivity contribution in [1.29, 1.82) is 0 Å². The summed E-state index contributed by atoms with van der Waals surface area (Å²) >= 11 is 0. The predicted octanol–water partition coefficient (Wildman–Crippen LogP) is 1.67. The van der Waals surface area contributed by atoms with E-state index in [0.29, 0.717) is 43.3 Å². The lowest BCUT2D eigenvalue weighted by molar-refractivity contribution is -0.125. The second-order valence-corrected chi connectivity index (χ2v) is 8.02. The molecule has 1 fully saturated rings. The number of aryl methyl sites for hydroxylation is 2. The lowest BCUT2D eigenvalue weighted by Crippen LogP contribution is -2.57. The molecule has 1 aromatic heterocycles. The summed E-state index contributed by atoms with van der Waals surface area (Å²) in [4.78, 5) is 40.6. The van der Waals surface area contributed by atoms with Crippen LogP contribution in [0.2, 0.25) is 0 Å². The average molecular weight is 378 g/mol. The number of rotatable bonds is 3. The minimum absolute atomic E-state index is 0.0503. The van der Waals surface area contributed by atoms with Crippen LogP contribution in [0.1, 0.15) is 49.6 Å². The smallest absolute Gasteiger partial charge is 0.321 e. The van der Waals surface area contributed by atoms with Crippen LogP contribution in [0, 0.1) is 13.8 Å². The number of hydrogen-bond donors (Lipinski definition) is 2. The Hall–Kier alpha value is -2.35. The molecule has 1 aliphatic heterocycles. The van der Waals surface area contributed by atoms with Gasteiger partial charge >= 0.3 is 6.03 Å². The zero-order chi connectivity index (χ0) is 20.4. The molecule has 2 heterocycles. The van der Waals surface area contributed by atoms with Crippen LogP contribution in [0.5, 0.6) is 0 Å². The Balaban J connectivity index is 1.87. The van der Waals surface area contributed by atoms with Gasteiger partial charge in [-0.15, -0.1) is 0 Å². The Kier molecular flexibility index (Phi) is 6.30. The van der Waals surface area contributed by atoms with Gasteiger partial charge in [0.2, 0.25) is 5.91 Å². The van der Waals surface area contributed by atoms with E-state index in [2.05, 4.69) is 10.6 Å². The van der Waals surface area contributed by atoms with E-state index in [-0.39, 0.29) is 11.8 Å². The van der Waals surface area contributed by atoms with Gasteiger partial charge in [-0.2, -0.15) is 0 Å². The number of furan rings is 1. The molecule has 1 aromatic rings. The first kappa shape index (κ1) is 21.0. The van der Waals surface area contributed by atoms with Crippen LogP contribution in [0.25, 0.3) is 0 Å². The lowest BCUT2D eigenvalue weighted by Gasteiger charge is -2.37. The summed E-state index contributed by atoms with van der Waals surface area (Å²) in [6.45, 7) is 13.1. The maximum absolute atomic E-state index is 12.6. The number of urea groups is 1. The van der Waals surface area contributed by atoms with Gasteiger partial charge in [0.15, 0.2) is 0 Å². The summed E-state index contributed by atoms with van der Waals surface area (Å²) in [7, 11) is 0. The van der Waals surface area contributed by atoms with E-state index in [0.717, 1.165) is 0 Å². The van der Waals surface area contributed by atoms with Crippen molar-refractivity contribution in [2.24, 2.45) is 0 Å². The largest absolute Gasteiger partial charge is 0.466 e. The summed E-state index contributed by atoms with van der Waals surface area (Å²) in [5, 5.41) is 5.08. The van der Waals surface area contributed by atoms with Crippen molar-refractivity contribution in [2.45, 2.75) is 53.1 Å². The molecule has 1 unspecified atom stereocenters. The molecular formula is C19H30N4O4. The summed E-state index contributed by atoms with van der Waals surface area (Å²) in [5.41, 5.74) is 0.175. The molecule has 1 aliphatic rings. The minimum Gasteiger partial charge on any atom is -0.466 e. The third-order valence-corrected chi connectivity index (χ3v) is 4.53. The van der Waals surface area contributed by atoms with Crippen LogP contribution < -0.4 is 10.6 Å². The van der Waals surface area contributed by atoms with E-state index in [1.807, 2.05) is 32.6 Å². The fraction of sp³-hybridized carbons (Fsp3) is 0.632. The number of carbonyl (C=O) groups excluding carboxylic acids is 3. The number of hydrogen-bond acceptors (Lipinski definition) is 5. The van der Waals surface area contributed by atoms with Crippen LogP contribution >= 0.6 is 0 Å². The molecule has 0 bridgehead atoms. The zero-order valence-corrected chi connectivity index (χ0v) is 17.0. The fourth-order valence-electron chi connectivity index (χ4n) is 3.08. The highest BCUT2D eigenvalue weighted by atomic mass is 16.3. The SMILES string of the molecule is Cc1cc(C(=O)N2CCN(C(C)C(=O)NC(=O)NC(C)(C)C)CC2)c(C)o1. The Bertz CT molecular complexity index is 712. The summed E-state index contributed by atoms with van der Waals surface area (Å²) in [6, 6.07) is 0.804. The topological polar surface area (TPSA) is 94.9 Å². The van der Waals surface area contributed by atoms with Crippen LogP contribution in [-0.4, -0.2) is 65.4 Å². The van der Waals surface area contributed by atoms with Gasteiger partial charge in [-0.1, -0.05) is 0 Å².